The lowest BCUT2D eigenvalue weighted by Crippen LogP contribution is -2.27. The highest BCUT2D eigenvalue weighted by Gasteiger charge is 2.19. The lowest BCUT2D eigenvalue weighted by atomic mass is 10.1. The van der Waals surface area contributed by atoms with E-state index < -0.39 is 0 Å². The summed E-state index contributed by atoms with van der Waals surface area (Å²) in [4.78, 5) is 11.0. The lowest BCUT2D eigenvalue weighted by molar-refractivity contribution is 0.445. The van der Waals surface area contributed by atoms with E-state index in [1.54, 1.807) is 4.57 Å². The fraction of sp³-hybridized carbons (Fsp3) is 0.667. The van der Waals surface area contributed by atoms with Gasteiger partial charge in [0.2, 0.25) is 0 Å². The van der Waals surface area contributed by atoms with Gasteiger partial charge in [-0.1, -0.05) is 0 Å². The minimum Gasteiger partial charge on any atom is -0.321 e. The summed E-state index contributed by atoms with van der Waals surface area (Å²) in [7, 11) is 0. The van der Waals surface area contributed by atoms with E-state index in [0.717, 1.165) is 19.4 Å². The van der Waals surface area contributed by atoms with Crippen LogP contribution < -0.4 is 11.4 Å². The second-order valence-electron chi connectivity index (χ2n) is 2.79. The molecule has 0 aromatic carbocycles. The molecule has 11 heavy (non-hydrogen) atoms. The highest BCUT2D eigenvalue weighted by Crippen LogP contribution is 2.17. The molecule has 0 saturated heterocycles. The number of fused-ring (bicyclic) bond motifs is 1. The van der Waals surface area contributed by atoms with Crippen molar-refractivity contribution in [3.8, 4) is 0 Å². The molecule has 0 bridgehead atoms. The molecule has 1 unspecified atom stereocenters. The lowest BCUT2D eigenvalue weighted by Gasteiger charge is -2.17. The van der Waals surface area contributed by atoms with Gasteiger partial charge in [-0.05, 0) is 12.8 Å². The van der Waals surface area contributed by atoms with Crippen molar-refractivity contribution in [2.75, 3.05) is 0 Å². The Labute approximate surface area is 63.2 Å². The van der Waals surface area contributed by atoms with Crippen LogP contribution in [0.3, 0.4) is 0 Å². The number of nitrogens with one attached hydrogen (secondary N) is 1. The third kappa shape index (κ3) is 0.883. The quantitative estimate of drug-likeness (QED) is 0.522. The third-order valence-corrected chi connectivity index (χ3v) is 2.02. The van der Waals surface area contributed by atoms with Crippen LogP contribution in [-0.2, 0) is 6.54 Å². The minimum atomic E-state index is -0.143. The Morgan fingerprint density at radius 2 is 2.55 bits per heavy atom. The Hall–Kier alpha value is -1.10. The molecule has 3 N–H and O–H groups in total. The predicted octanol–water partition coefficient (Wildman–Crippen LogP) is -0.635. The second-order valence-corrected chi connectivity index (χ2v) is 2.79. The van der Waals surface area contributed by atoms with Gasteiger partial charge in [0.25, 0.3) is 0 Å². The van der Waals surface area contributed by atoms with Crippen molar-refractivity contribution in [2.24, 2.45) is 5.73 Å². The van der Waals surface area contributed by atoms with Crippen LogP contribution in [0.4, 0.5) is 0 Å². The summed E-state index contributed by atoms with van der Waals surface area (Å²) < 4.78 is 1.61. The third-order valence-electron chi connectivity index (χ3n) is 2.02. The maximum Gasteiger partial charge on any atom is 0.343 e. The average Bonchev–Trinajstić information content (AvgIpc) is 2.35. The maximum absolute atomic E-state index is 11.0. The van der Waals surface area contributed by atoms with Crippen LogP contribution >= 0.6 is 0 Å². The standard InChI is InChI=1S/C6H10N4O/c7-4-2-1-3-10-5(4)8-9-6(10)11/h4H,1-3,7H2,(H,9,11). The monoisotopic (exact) mass is 154 g/mol. The van der Waals surface area contributed by atoms with Crippen molar-refractivity contribution < 1.29 is 0 Å². The summed E-state index contributed by atoms with van der Waals surface area (Å²) in [6.45, 7) is 0.748. The van der Waals surface area contributed by atoms with Gasteiger partial charge in [-0.25, -0.2) is 9.89 Å². The number of nitrogens with zero attached hydrogens (tertiary/aromatic N) is 2. The molecule has 1 aliphatic heterocycles. The van der Waals surface area contributed by atoms with Crippen LogP contribution in [0.25, 0.3) is 0 Å². The first-order chi connectivity index (χ1) is 5.29. The van der Waals surface area contributed by atoms with E-state index in [1.165, 1.54) is 0 Å². The van der Waals surface area contributed by atoms with Crippen LogP contribution in [-0.4, -0.2) is 14.8 Å². The zero-order valence-corrected chi connectivity index (χ0v) is 6.08. The van der Waals surface area contributed by atoms with Gasteiger partial charge in [0.1, 0.15) is 5.82 Å². The van der Waals surface area contributed by atoms with Gasteiger partial charge in [-0.2, -0.15) is 5.10 Å². The van der Waals surface area contributed by atoms with Gasteiger partial charge in [-0.15, -0.1) is 0 Å². The van der Waals surface area contributed by atoms with Gasteiger partial charge in [0, 0.05) is 6.54 Å². The summed E-state index contributed by atoms with van der Waals surface area (Å²) in [5.74, 6) is 0.696. The number of H-pyrrole nitrogens is 1. The van der Waals surface area contributed by atoms with Gasteiger partial charge in [-0.3, -0.25) is 4.57 Å². The van der Waals surface area contributed by atoms with E-state index in [0.29, 0.717) is 5.82 Å². The SMILES string of the molecule is NC1CCCn2c1n[nH]c2=O. The molecular formula is C6H10N4O. The first-order valence-electron chi connectivity index (χ1n) is 3.70. The molecule has 60 valence electrons. The zero-order chi connectivity index (χ0) is 7.84. The summed E-state index contributed by atoms with van der Waals surface area (Å²) in [6.07, 6.45) is 1.89. The molecule has 1 aromatic heterocycles. The van der Waals surface area contributed by atoms with E-state index in [2.05, 4.69) is 10.2 Å². The Morgan fingerprint density at radius 3 is 3.27 bits per heavy atom. The van der Waals surface area contributed by atoms with Crippen molar-refractivity contribution in [3.05, 3.63) is 16.3 Å². The van der Waals surface area contributed by atoms with Crippen LogP contribution in [0.5, 0.6) is 0 Å². The van der Waals surface area contributed by atoms with Gasteiger partial charge >= 0.3 is 5.69 Å². The number of nitrogens with two attached hydrogens (primary N) is 1. The topological polar surface area (TPSA) is 76.7 Å². The molecule has 0 saturated carbocycles. The first kappa shape index (κ1) is 6.60. The van der Waals surface area contributed by atoms with Crippen molar-refractivity contribution in [2.45, 2.75) is 25.4 Å². The fourth-order valence-corrected chi connectivity index (χ4v) is 1.43. The van der Waals surface area contributed by atoms with E-state index in [1.807, 2.05) is 0 Å². The molecule has 0 spiro atoms. The van der Waals surface area contributed by atoms with Gasteiger partial charge < -0.3 is 5.73 Å². The molecule has 1 aromatic rings. The molecule has 1 atom stereocenters. The Bertz CT molecular complexity index is 313. The number of hydrogen-bond acceptors (Lipinski definition) is 3. The number of hydrogen-bond donors (Lipinski definition) is 2. The van der Waals surface area contributed by atoms with Crippen molar-refractivity contribution in [3.63, 3.8) is 0 Å². The second kappa shape index (κ2) is 2.20. The Kier molecular flexibility index (Phi) is 1.32. The molecule has 2 rings (SSSR count). The highest BCUT2D eigenvalue weighted by molar-refractivity contribution is 4.96. The van der Waals surface area contributed by atoms with Crippen molar-refractivity contribution in [1.29, 1.82) is 0 Å². The Morgan fingerprint density at radius 1 is 1.73 bits per heavy atom. The van der Waals surface area contributed by atoms with Crippen LogP contribution in [0.2, 0.25) is 0 Å². The van der Waals surface area contributed by atoms with E-state index in [9.17, 15) is 4.79 Å². The fourth-order valence-electron chi connectivity index (χ4n) is 1.43. The smallest absolute Gasteiger partial charge is 0.321 e. The highest BCUT2D eigenvalue weighted by atomic mass is 16.1. The number of aromatic nitrogens is 3. The maximum atomic E-state index is 11.0. The summed E-state index contributed by atoms with van der Waals surface area (Å²) in [5, 5.41) is 6.22. The first-order valence-corrected chi connectivity index (χ1v) is 3.70. The summed E-state index contributed by atoms with van der Waals surface area (Å²) >= 11 is 0. The normalized spacial score (nSPS) is 23.2. The van der Waals surface area contributed by atoms with E-state index in [4.69, 9.17) is 5.73 Å². The number of aromatic amines is 1. The zero-order valence-electron chi connectivity index (χ0n) is 6.08. The molecular weight excluding hydrogens is 144 g/mol. The molecule has 0 fully saturated rings. The minimum absolute atomic E-state index is 0.0669. The van der Waals surface area contributed by atoms with Crippen LogP contribution in [0.15, 0.2) is 4.79 Å². The molecule has 0 aliphatic carbocycles. The van der Waals surface area contributed by atoms with E-state index >= 15 is 0 Å². The predicted molar refractivity (Wildman–Crippen MR) is 39.0 cm³/mol. The van der Waals surface area contributed by atoms with Crippen LogP contribution in [0.1, 0.15) is 24.7 Å². The molecule has 5 heteroatoms. The van der Waals surface area contributed by atoms with Gasteiger partial charge in [0.05, 0.1) is 6.04 Å². The van der Waals surface area contributed by atoms with E-state index in [-0.39, 0.29) is 11.7 Å². The van der Waals surface area contributed by atoms with Crippen molar-refractivity contribution in [1.82, 2.24) is 14.8 Å². The summed E-state index contributed by atoms with van der Waals surface area (Å²) in [6, 6.07) is -0.0669. The Balaban J connectivity index is 2.55. The average molecular weight is 154 g/mol. The van der Waals surface area contributed by atoms with Crippen LogP contribution in [0, 0.1) is 0 Å². The van der Waals surface area contributed by atoms with Gasteiger partial charge in [0.15, 0.2) is 0 Å². The molecule has 0 radical (unpaired) electrons. The number of rotatable bonds is 0. The molecule has 2 heterocycles. The largest absolute Gasteiger partial charge is 0.343 e. The molecule has 0 amide bonds. The molecule has 1 aliphatic rings. The summed E-state index contributed by atoms with van der Waals surface area (Å²) in [5.41, 5.74) is 5.57. The molecule has 5 nitrogen and oxygen atoms in total. The van der Waals surface area contributed by atoms with Crippen molar-refractivity contribution >= 4 is 0 Å².